The molecule has 2 heterocycles. The second-order valence-electron chi connectivity index (χ2n) is 12.1. The highest BCUT2D eigenvalue weighted by Crippen LogP contribution is 2.75. The van der Waals surface area contributed by atoms with Crippen LogP contribution in [0, 0.1) is 11.3 Å². The Kier molecular flexibility index (Phi) is 4.67. The molecule has 4 aliphatic carbocycles. The third kappa shape index (κ3) is 2.52. The molecule has 2 aromatic rings. The van der Waals surface area contributed by atoms with Gasteiger partial charge < -0.3 is 24.2 Å². The van der Waals surface area contributed by atoms with E-state index in [0.717, 1.165) is 43.7 Å². The molecule has 4 bridgehead atoms. The molecule has 5 heteroatoms. The van der Waals surface area contributed by atoms with Crippen LogP contribution in [0.4, 0.5) is 0 Å². The molecule has 2 aromatic carbocycles. The first kappa shape index (κ1) is 22.8. The molecule has 1 saturated heterocycles. The van der Waals surface area contributed by atoms with Crippen LogP contribution < -0.4 is 9.47 Å². The second kappa shape index (κ2) is 7.37. The van der Waals surface area contributed by atoms with Gasteiger partial charge in [-0.3, -0.25) is 0 Å². The Morgan fingerprint density at radius 3 is 2.69 bits per heavy atom. The van der Waals surface area contributed by atoms with E-state index in [4.69, 9.17) is 14.2 Å². The van der Waals surface area contributed by atoms with E-state index in [-0.39, 0.29) is 22.9 Å². The van der Waals surface area contributed by atoms with Gasteiger partial charge in [0.1, 0.15) is 11.7 Å². The Morgan fingerprint density at radius 1 is 1.14 bits per heavy atom. The van der Waals surface area contributed by atoms with Crippen molar-refractivity contribution in [2.24, 2.45) is 11.3 Å². The van der Waals surface area contributed by atoms with E-state index in [0.29, 0.717) is 12.5 Å². The summed E-state index contributed by atoms with van der Waals surface area (Å²) in [5.74, 6) is 1.63. The molecule has 1 saturated carbocycles. The molecular formula is C31H37NO4. The number of benzene rings is 2. The lowest BCUT2D eigenvalue weighted by molar-refractivity contribution is -0.247. The normalized spacial score (nSPS) is 38.9. The molecule has 7 atom stereocenters. The molecule has 2 unspecified atom stereocenters. The van der Waals surface area contributed by atoms with Gasteiger partial charge in [0.15, 0.2) is 11.5 Å². The number of piperidine rings is 1. The minimum Gasteiger partial charge on any atom is -0.493 e. The van der Waals surface area contributed by atoms with Gasteiger partial charge in [0, 0.05) is 30.0 Å². The highest BCUT2D eigenvalue weighted by Gasteiger charge is 2.80. The number of methoxy groups -OCH3 is 2. The topological polar surface area (TPSA) is 51.2 Å². The number of ether oxygens (including phenoxy) is 3. The summed E-state index contributed by atoms with van der Waals surface area (Å²) in [7, 11) is 5.81. The van der Waals surface area contributed by atoms with Crippen LogP contribution >= 0.6 is 0 Å². The summed E-state index contributed by atoms with van der Waals surface area (Å²) < 4.78 is 19.4. The fourth-order valence-corrected chi connectivity index (χ4v) is 9.13. The molecule has 1 N–H and O–H groups in total. The van der Waals surface area contributed by atoms with Crippen molar-refractivity contribution in [2.75, 3.05) is 27.8 Å². The molecule has 2 aliphatic heterocycles. The molecule has 0 radical (unpaired) electrons. The Hall–Kier alpha value is -2.34. The van der Waals surface area contributed by atoms with Crippen molar-refractivity contribution in [3.05, 3.63) is 71.3 Å². The Bertz CT molecular complexity index is 1240. The summed E-state index contributed by atoms with van der Waals surface area (Å²) in [5, 5.41) is 12.2. The van der Waals surface area contributed by atoms with Gasteiger partial charge in [-0.2, -0.15) is 0 Å². The van der Waals surface area contributed by atoms with Crippen molar-refractivity contribution in [3.8, 4) is 11.5 Å². The van der Waals surface area contributed by atoms with E-state index in [9.17, 15) is 5.11 Å². The lowest BCUT2D eigenvalue weighted by Crippen LogP contribution is -2.80. The second-order valence-corrected chi connectivity index (χ2v) is 12.1. The van der Waals surface area contributed by atoms with Crippen LogP contribution in [-0.2, 0) is 23.0 Å². The highest BCUT2D eigenvalue weighted by atomic mass is 16.6. The summed E-state index contributed by atoms with van der Waals surface area (Å²) in [4.78, 5) is 2.55. The predicted molar refractivity (Wildman–Crippen MR) is 139 cm³/mol. The summed E-state index contributed by atoms with van der Waals surface area (Å²) in [6.07, 6.45) is 8.97. The monoisotopic (exact) mass is 487 g/mol. The number of nitrogens with zero attached hydrogens (tertiary/aromatic N) is 1. The standard InChI is InChI=1S/C31H37NO4/c1-28(33,13-12-20-8-6-5-7-9-20)23-19-29-14-15-31(23,35-4)27-30(29)16-17-32(2)24(29)18-21-10-11-22(34-3)26(36-27)25(21)30/h5-11,14-15,23-24,27,33H,12-13,16-19H2,1-4H3/t23-,24-,27-,28?,29-,30+,31?/m1/s1. The maximum absolute atomic E-state index is 12.2. The van der Waals surface area contributed by atoms with Crippen LogP contribution in [-0.4, -0.2) is 61.2 Å². The van der Waals surface area contributed by atoms with Crippen molar-refractivity contribution in [2.45, 2.75) is 67.8 Å². The molecule has 190 valence electrons. The Labute approximate surface area is 214 Å². The number of aliphatic hydroxyl groups is 1. The number of fused-ring (bicyclic) bond motifs is 1. The average molecular weight is 488 g/mol. The first-order valence-electron chi connectivity index (χ1n) is 13.4. The van der Waals surface area contributed by atoms with Crippen LogP contribution in [0.25, 0.3) is 0 Å². The molecule has 5 nitrogen and oxygen atoms in total. The molecular weight excluding hydrogens is 450 g/mol. The summed E-state index contributed by atoms with van der Waals surface area (Å²) in [6.45, 7) is 3.06. The van der Waals surface area contributed by atoms with Gasteiger partial charge in [-0.25, -0.2) is 0 Å². The number of hydrogen-bond acceptors (Lipinski definition) is 5. The van der Waals surface area contributed by atoms with Gasteiger partial charge in [-0.1, -0.05) is 48.6 Å². The molecule has 0 amide bonds. The lowest BCUT2D eigenvalue weighted by atomic mass is 9.36. The molecule has 2 fully saturated rings. The van der Waals surface area contributed by atoms with Crippen molar-refractivity contribution in [3.63, 3.8) is 0 Å². The first-order valence-corrected chi connectivity index (χ1v) is 13.4. The fraction of sp³-hybridized carbons (Fsp3) is 0.548. The van der Waals surface area contributed by atoms with Crippen molar-refractivity contribution in [1.82, 2.24) is 4.90 Å². The zero-order valence-electron chi connectivity index (χ0n) is 21.8. The van der Waals surface area contributed by atoms with Crippen LogP contribution in [0.5, 0.6) is 11.5 Å². The van der Waals surface area contributed by atoms with Gasteiger partial charge in [0.25, 0.3) is 0 Å². The minimum atomic E-state index is -0.916. The fourth-order valence-electron chi connectivity index (χ4n) is 9.13. The van der Waals surface area contributed by atoms with Crippen LogP contribution in [0.2, 0.25) is 0 Å². The third-order valence-electron chi connectivity index (χ3n) is 10.8. The Balaban J connectivity index is 1.39. The van der Waals surface area contributed by atoms with Crippen LogP contribution in [0.3, 0.4) is 0 Å². The summed E-state index contributed by atoms with van der Waals surface area (Å²) >= 11 is 0. The average Bonchev–Trinajstić information content (AvgIpc) is 3.27. The van der Waals surface area contributed by atoms with Gasteiger partial charge in [0.05, 0.1) is 18.1 Å². The lowest BCUT2D eigenvalue weighted by Gasteiger charge is -2.72. The van der Waals surface area contributed by atoms with E-state index in [2.05, 4.69) is 60.5 Å². The summed E-state index contributed by atoms with van der Waals surface area (Å²) in [6, 6.07) is 15.2. The third-order valence-corrected chi connectivity index (χ3v) is 10.8. The van der Waals surface area contributed by atoms with Gasteiger partial charge in [-0.15, -0.1) is 0 Å². The van der Waals surface area contributed by atoms with E-state index < -0.39 is 11.2 Å². The molecule has 0 aromatic heterocycles. The number of aryl methyl sites for hydroxylation is 1. The molecule has 8 rings (SSSR count). The largest absolute Gasteiger partial charge is 0.493 e. The van der Waals surface area contributed by atoms with Gasteiger partial charge in [0.2, 0.25) is 0 Å². The number of likely N-dealkylation sites (tertiary alicyclic amines) is 1. The van der Waals surface area contributed by atoms with E-state index in [1.807, 2.05) is 13.0 Å². The van der Waals surface area contributed by atoms with E-state index in [1.165, 1.54) is 16.7 Å². The number of hydrogen-bond donors (Lipinski definition) is 1. The zero-order chi connectivity index (χ0) is 24.9. The smallest absolute Gasteiger partial charge is 0.166 e. The molecule has 2 spiro atoms. The van der Waals surface area contributed by atoms with Crippen molar-refractivity contribution in [1.29, 1.82) is 0 Å². The first-order chi connectivity index (χ1) is 17.3. The molecule has 6 aliphatic rings. The Morgan fingerprint density at radius 2 is 1.94 bits per heavy atom. The van der Waals surface area contributed by atoms with E-state index in [1.54, 1.807) is 14.2 Å². The highest BCUT2D eigenvalue weighted by molar-refractivity contribution is 5.65. The molecule has 36 heavy (non-hydrogen) atoms. The van der Waals surface area contributed by atoms with E-state index >= 15 is 0 Å². The van der Waals surface area contributed by atoms with Gasteiger partial charge in [-0.05, 0) is 69.8 Å². The maximum atomic E-state index is 12.2. The minimum absolute atomic E-state index is 0.0855. The van der Waals surface area contributed by atoms with Crippen molar-refractivity contribution < 1.29 is 19.3 Å². The predicted octanol–water partition coefficient (Wildman–Crippen LogP) is 4.30. The number of rotatable bonds is 6. The van der Waals surface area contributed by atoms with Crippen LogP contribution in [0.15, 0.2) is 54.6 Å². The number of likely N-dealkylation sites (N-methyl/N-ethyl adjacent to an activating group) is 1. The SMILES string of the molecule is COc1ccc2c3c1O[C@H]1C4(OC)C=C[C@@]5(C[C@@H]4C(C)(O)CCc4ccccc4)[C@@H](C2)N(C)CC[C@]315. The zero-order valence-corrected chi connectivity index (χ0v) is 21.8. The summed E-state index contributed by atoms with van der Waals surface area (Å²) in [5.41, 5.74) is 2.08. The van der Waals surface area contributed by atoms with Crippen LogP contribution in [0.1, 0.15) is 42.9 Å². The quantitative estimate of drug-likeness (QED) is 0.616. The van der Waals surface area contributed by atoms with Gasteiger partial charge >= 0.3 is 0 Å². The van der Waals surface area contributed by atoms with Crippen molar-refractivity contribution >= 4 is 0 Å². The maximum Gasteiger partial charge on any atom is 0.166 e.